The summed E-state index contributed by atoms with van der Waals surface area (Å²) in [5.41, 5.74) is 1.84. The third kappa shape index (κ3) is 3.21. The average molecular weight is 191 g/mol. The number of hydrogen-bond acceptors (Lipinski definition) is 2. The summed E-state index contributed by atoms with van der Waals surface area (Å²) in [6.07, 6.45) is 0. The summed E-state index contributed by atoms with van der Waals surface area (Å²) in [5, 5.41) is 3.30. The average Bonchev–Trinajstić information content (AvgIpc) is 2.15. The van der Waals surface area contributed by atoms with E-state index in [9.17, 15) is 4.79 Å². The highest BCUT2D eigenvalue weighted by molar-refractivity contribution is 5.94. The molecule has 76 valence electrons. The van der Waals surface area contributed by atoms with E-state index in [0.717, 1.165) is 17.8 Å². The van der Waals surface area contributed by atoms with Crippen molar-refractivity contribution in [3.8, 4) is 0 Å². The number of benzene rings is 1. The molecule has 0 saturated carbocycles. The van der Waals surface area contributed by atoms with E-state index in [1.807, 2.05) is 24.3 Å². The molecule has 0 aliphatic carbocycles. The normalized spacial score (nSPS) is 10.3. The maximum Gasteiger partial charge on any atom is 0.159 e. The zero-order chi connectivity index (χ0) is 10.6. The number of hydrogen-bond donors (Lipinski definition) is 1. The molecule has 0 heterocycles. The maximum atomic E-state index is 11.0. The Balaban J connectivity index is 2.60. The van der Waals surface area contributed by atoms with Crippen molar-refractivity contribution >= 4 is 11.5 Å². The molecule has 0 fully saturated rings. The van der Waals surface area contributed by atoms with Gasteiger partial charge in [-0.1, -0.05) is 13.8 Å². The molecule has 2 nitrogen and oxygen atoms in total. The van der Waals surface area contributed by atoms with Crippen LogP contribution in [0.2, 0.25) is 0 Å². The maximum absolute atomic E-state index is 11.0. The van der Waals surface area contributed by atoms with Gasteiger partial charge in [-0.2, -0.15) is 0 Å². The largest absolute Gasteiger partial charge is 0.385 e. The van der Waals surface area contributed by atoms with Gasteiger partial charge in [-0.25, -0.2) is 0 Å². The molecule has 0 unspecified atom stereocenters. The number of Topliss-reactive ketones (excluding diaryl/α,β-unsaturated/α-hetero) is 1. The molecule has 0 radical (unpaired) electrons. The van der Waals surface area contributed by atoms with Crippen LogP contribution in [-0.4, -0.2) is 12.3 Å². The number of nitrogens with one attached hydrogen (secondary N) is 1. The van der Waals surface area contributed by atoms with Crippen molar-refractivity contribution in [3.63, 3.8) is 0 Å². The highest BCUT2D eigenvalue weighted by Crippen LogP contribution is 2.10. The first-order valence-electron chi connectivity index (χ1n) is 4.94. The van der Waals surface area contributed by atoms with Gasteiger partial charge in [-0.05, 0) is 37.1 Å². The summed E-state index contributed by atoms with van der Waals surface area (Å²) < 4.78 is 0. The molecule has 0 saturated heterocycles. The summed E-state index contributed by atoms with van der Waals surface area (Å²) in [6, 6.07) is 7.59. The van der Waals surface area contributed by atoms with E-state index >= 15 is 0 Å². The van der Waals surface area contributed by atoms with Crippen molar-refractivity contribution in [1.29, 1.82) is 0 Å². The van der Waals surface area contributed by atoms with Gasteiger partial charge in [-0.15, -0.1) is 0 Å². The van der Waals surface area contributed by atoms with Gasteiger partial charge in [0, 0.05) is 17.8 Å². The summed E-state index contributed by atoms with van der Waals surface area (Å²) in [6.45, 7) is 6.86. The Morgan fingerprint density at radius 3 is 2.29 bits per heavy atom. The van der Waals surface area contributed by atoms with Crippen LogP contribution in [0.15, 0.2) is 24.3 Å². The van der Waals surface area contributed by atoms with Crippen molar-refractivity contribution in [2.24, 2.45) is 5.92 Å². The number of carbonyl (C=O) groups excluding carboxylic acids is 1. The summed E-state index contributed by atoms with van der Waals surface area (Å²) in [4.78, 5) is 11.0. The fourth-order valence-corrected chi connectivity index (χ4v) is 1.14. The quantitative estimate of drug-likeness (QED) is 0.741. The molecule has 1 rings (SSSR count). The van der Waals surface area contributed by atoms with E-state index in [0.29, 0.717) is 5.92 Å². The fraction of sp³-hybridized carbons (Fsp3) is 0.417. The van der Waals surface area contributed by atoms with Crippen LogP contribution in [-0.2, 0) is 0 Å². The molecular weight excluding hydrogens is 174 g/mol. The Morgan fingerprint density at radius 2 is 1.86 bits per heavy atom. The van der Waals surface area contributed by atoms with E-state index in [4.69, 9.17) is 0 Å². The van der Waals surface area contributed by atoms with Crippen LogP contribution in [0.4, 0.5) is 5.69 Å². The minimum Gasteiger partial charge on any atom is -0.385 e. The van der Waals surface area contributed by atoms with Crippen LogP contribution < -0.4 is 5.32 Å². The fourth-order valence-electron chi connectivity index (χ4n) is 1.14. The molecule has 0 spiro atoms. The molecular formula is C12H17NO. The van der Waals surface area contributed by atoms with Crippen molar-refractivity contribution in [3.05, 3.63) is 29.8 Å². The van der Waals surface area contributed by atoms with Gasteiger partial charge in [-0.3, -0.25) is 4.79 Å². The molecule has 0 aliphatic rings. The van der Waals surface area contributed by atoms with Crippen LogP contribution in [0.25, 0.3) is 0 Å². The lowest BCUT2D eigenvalue weighted by atomic mass is 10.1. The Hall–Kier alpha value is -1.31. The minimum absolute atomic E-state index is 0.111. The molecule has 0 aliphatic heterocycles. The van der Waals surface area contributed by atoms with Crippen LogP contribution in [0, 0.1) is 5.92 Å². The van der Waals surface area contributed by atoms with E-state index < -0.39 is 0 Å². The predicted molar refractivity (Wildman–Crippen MR) is 59.8 cm³/mol. The highest BCUT2D eigenvalue weighted by Gasteiger charge is 1.98. The number of carbonyl (C=O) groups is 1. The van der Waals surface area contributed by atoms with E-state index in [1.54, 1.807) is 6.92 Å². The Labute approximate surface area is 85.3 Å². The molecule has 1 N–H and O–H groups in total. The lowest BCUT2D eigenvalue weighted by Gasteiger charge is -2.08. The van der Waals surface area contributed by atoms with Crippen molar-refractivity contribution in [2.75, 3.05) is 11.9 Å². The molecule has 0 aromatic heterocycles. The van der Waals surface area contributed by atoms with E-state index in [-0.39, 0.29) is 5.78 Å². The molecule has 0 amide bonds. The lowest BCUT2D eigenvalue weighted by Crippen LogP contribution is -2.07. The van der Waals surface area contributed by atoms with Gasteiger partial charge in [0.2, 0.25) is 0 Å². The molecule has 0 bridgehead atoms. The topological polar surface area (TPSA) is 29.1 Å². The molecule has 1 aromatic rings. The van der Waals surface area contributed by atoms with Gasteiger partial charge >= 0.3 is 0 Å². The number of anilines is 1. The second kappa shape index (κ2) is 4.80. The Kier molecular flexibility index (Phi) is 3.69. The van der Waals surface area contributed by atoms with Gasteiger partial charge in [0.05, 0.1) is 0 Å². The zero-order valence-corrected chi connectivity index (χ0v) is 9.00. The minimum atomic E-state index is 0.111. The van der Waals surface area contributed by atoms with Crippen molar-refractivity contribution < 1.29 is 4.79 Å². The number of rotatable bonds is 4. The lowest BCUT2D eigenvalue weighted by molar-refractivity contribution is 0.101. The van der Waals surface area contributed by atoms with Gasteiger partial charge in [0.1, 0.15) is 0 Å². The first-order chi connectivity index (χ1) is 6.59. The first-order valence-corrected chi connectivity index (χ1v) is 4.94. The SMILES string of the molecule is CC(=O)c1ccc(NCC(C)C)cc1. The molecule has 1 aromatic carbocycles. The van der Waals surface area contributed by atoms with Gasteiger partial charge < -0.3 is 5.32 Å². The summed E-state index contributed by atoms with van der Waals surface area (Å²) >= 11 is 0. The third-order valence-electron chi connectivity index (χ3n) is 2.01. The van der Waals surface area contributed by atoms with Crippen LogP contribution in [0.5, 0.6) is 0 Å². The van der Waals surface area contributed by atoms with E-state index in [2.05, 4.69) is 19.2 Å². The van der Waals surface area contributed by atoms with Gasteiger partial charge in [0.25, 0.3) is 0 Å². The predicted octanol–water partition coefficient (Wildman–Crippen LogP) is 2.96. The smallest absolute Gasteiger partial charge is 0.159 e. The Bertz CT molecular complexity index is 301. The standard InChI is InChI=1S/C12H17NO/c1-9(2)8-13-12-6-4-11(5-7-12)10(3)14/h4-7,9,13H,8H2,1-3H3. The Morgan fingerprint density at radius 1 is 1.29 bits per heavy atom. The summed E-state index contributed by atoms with van der Waals surface area (Å²) in [5.74, 6) is 0.739. The van der Waals surface area contributed by atoms with E-state index in [1.165, 1.54) is 0 Å². The zero-order valence-electron chi connectivity index (χ0n) is 9.00. The third-order valence-corrected chi connectivity index (χ3v) is 2.01. The van der Waals surface area contributed by atoms with Crippen LogP contribution in [0.1, 0.15) is 31.1 Å². The van der Waals surface area contributed by atoms with Crippen LogP contribution >= 0.6 is 0 Å². The van der Waals surface area contributed by atoms with Crippen molar-refractivity contribution in [1.82, 2.24) is 0 Å². The monoisotopic (exact) mass is 191 g/mol. The van der Waals surface area contributed by atoms with Crippen molar-refractivity contribution in [2.45, 2.75) is 20.8 Å². The molecule has 2 heteroatoms. The number of ketones is 1. The molecule has 0 atom stereocenters. The van der Waals surface area contributed by atoms with Crippen LogP contribution in [0.3, 0.4) is 0 Å². The highest BCUT2D eigenvalue weighted by atomic mass is 16.1. The second-order valence-electron chi connectivity index (χ2n) is 3.91. The molecule has 14 heavy (non-hydrogen) atoms. The second-order valence-corrected chi connectivity index (χ2v) is 3.91. The van der Waals surface area contributed by atoms with Gasteiger partial charge in [0.15, 0.2) is 5.78 Å². The first kappa shape index (κ1) is 10.8. The summed E-state index contributed by atoms with van der Waals surface area (Å²) in [7, 11) is 0.